The van der Waals surface area contributed by atoms with E-state index in [1.165, 1.54) is 12.2 Å². The van der Waals surface area contributed by atoms with E-state index in [9.17, 15) is 28.8 Å². The van der Waals surface area contributed by atoms with Crippen molar-refractivity contribution in [2.45, 2.75) is 90.6 Å². The maximum atomic E-state index is 13.0. The molecule has 0 aromatic heterocycles. The van der Waals surface area contributed by atoms with E-state index in [2.05, 4.69) is 0 Å². The number of fused-ring (bicyclic) bond motifs is 1. The van der Waals surface area contributed by atoms with E-state index in [1.54, 1.807) is 6.08 Å². The van der Waals surface area contributed by atoms with Crippen LogP contribution in [0.4, 0.5) is 0 Å². The maximum absolute atomic E-state index is 13.0. The molecule has 1 heterocycles. The SMILES string of the molecule is CC(=O)OC[C@@H]1O[C@H](O[C@@H]2C=C(O[Si](C)(C)C)C[C@@H]3C(=O)C=CC(=O)[C@H]32)[C@@H](OC(C)=O)[C@H](OC(C)=O)[C@H]1OC(C)=O. The van der Waals surface area contributed by atoms with Gasteiger partial charge in [0.15, 0.2) is 36.2 Å². The van der Waals surface area contributed by atoms with E-state index >= 15 is 0 Å². The van der Waals surface area contributed by atoms with Crippen molar-refractivity contribution in [1.82, 2.24) is 0 Å². The highest BCUT2D eigenvalue weighted by Crippen LogP contribution is 2.39. The van der Waals surface area contributed by atoms with Gasteiger partial charge in [-0.3, -0.25) is 28.8 Å². The number of carbonyl (C=O) groups is 6. The lowest BCUT2D eigenvalue weighted by molar-refractivity contribution is -0.316. The molecule has 8 atom stereocenters. The van der Waals surface area contributed by atoms with Crippen LogP contribution in [-0.2, 0) is 61.6 Å². The summed E-state index contributed by atoms with van der Waals surface area (Å²) < 4.78 is 39.8. The fourth-order valence-corrected chi connectivity index (χ4v) is 5.95. The zero-order chi connectivity index (χ0) is 30.6. The average Bonchev–Trinajstić information content (AvgIpc) is 2.82. The second-order valence-corrected chi connectivity index (χ2v) is 15.4. The quantitative estimate of drug-likeness (QED) is 0.214. The summed E-state index contributed by atoms with van der Waals surface area (Å²) in [5.74, 6) is -4.88. The minimum atomic E-state index is -2.14. The molecule has 1 saturated heterocycles. The van der Waals surface area contributed by atoms with Crippen LogP contribution >= 0.6 is 0 Å². The first kappa shape index (κ1) is 32.2. The van der Waals surface area contributed by atoms with Crippen LogP contribution in [0.2, 0.25) is 19.6 Å². The Morgan fingerprint density at radius 3 is 1.95 bits per heavy atom. The molecule has 0 spiro atoms. The topological polar surface area (TPSA) is 167 Å². The van der Waals surface area contributed by atoms with Crippen molar-refractivity contribution in [1.29, 1.82) is 0 Å². The molecule has 13 nitrogen and oxygen atoms in total. The van der Waals surface area contributed by atoms with Gasteiger partial charge in [-0.05, 0) is 37.9 Å². The minimum absolute atomic E-state index is 0.197. The molecular weight excluding hydrogens is 560 g/mol. The van der Waals surface area contributed by atoms with Gasteiger partial charge >= 0.3 is 23.9 Å². The first-order valence-corrected chi connectivity index (χ1v) is 16.6. The van der Waals surface area contributed by atoms with Gasteiger partial charge in [-0.25, -0.2) is 0 Å². The maximum Gasteiger partial charge on any atom is 0.303 e. The van der Waals surface area contributed by atoms with E-state index in [0.717, 1.165) is 27.7 Å². The summed E-state index contributed by atoms with van der Waals surface area (Å²) in [6, 6.07) is 0. The third kappa shape index (κ3) is 8.56. The Balaban J connectivity index is 2.07. The molecule has 1 fully saturated rings. The normalized spacial score (nSPS) is 31.3. The fraction of sp³-hybridized carbons (Fsp3) is 0.630. The van der Waals surface area contributed by atoms with E-state index in [1.807, 2.05) is 19.6 Å². The fourth-order valence-electron chi connectivity index (χ4n) is 5.01. The van der Waals surface area contributed by atoms with Gasteiger partial charge in [0.25, 0.3) is 0 Å². The van der Waals surface area contributed by atoms with Gasteiger partial charge < -0.3 is 32.8 Å². The summed E-state index contributed by atoms with van der Waals surface area (Å²) in [6.07, 6.45) is -3.90. The number of rotatable bonds is 9. The summed E-state index contributed by atoms with van der Waals surface area (Å²) in [7, 11) is -2.14. The first-order chi connectivity index (χ1) is 19.1. The van der Waals surface area contributed by atoms with Crippen molar-refractivity contribution in [2.75, 3.05) is 6.61 Å². The molecule has 3 rings (SSSR count). The minimum Gasteiger partial charge on any atom is -0.547 e. The lowest BCUT2D eigenvalue weighted by atomic mass is 9.72. The summed E-state index contributed by atoms with van der Waals surface area (Å²) >= 11 is 0. The van der Waals surface area contributed by atoms with Gasteiger partial charge in [0.05, 0.1) is 17.8 Å². The van der Waals surface area contributed by atoms with Crippen molar-refractivity contribution < 1.29 is 61.6 Å². The summed E-state index contributed by atoms with van der Waals surface area (Å²) in [5, 5.41) is 0. The number of ether oxygens (including phenoxy) is 6. The molecule has 14 heteroatoms. The number of esters is 4. The smallest absolute Gasteiger partial charge is 0.303 e. The molecule has 0 bridgehead atoms. The number of allylic oxidation sites excluding steroid dienone is 3. The van der Waals surface area contributed by atoms with Crippen LogP contribution in [0.1, 0.15) is 34.1 Å². The Morgan fingerprint density at radius 2 is 1.39 bits per heavy atom. The second kappa shape index (κ2) is 13.1. The largest absolute Gasteiger partial charge is 0.547 e. The molecule has 0 aromatic rings. The highest BCUT2D eigenvalue weighted by Gasteiger charge is 2.55. The average molecular weight is 597 g/mol. The van der Waals surface area contributed by atoms with Crippen LogP contribution in [0.15, 0.2) is 24.0 Å². The molecule has 2 aliphatic carbocycles. The van der Waals surface area contributed by atoms with Crippen molar-refractivity contribution in [2.24, 2.45) is 11.8 Å². The molecule has 0 unspecified atom stereocenters. The molecular formula is C27H36O13Si. The van der Waals surface area contributed by atoms with Gasteiger partial charge in [-0.1, -0.05) is 0 Å². The van der Waals surface area contributed by atoms with Crippen LogP contribution in [0.3, 0.4) is 0 Å². The number of carbonyl (C=O) groups excluding carboxylic acids is 6. The van der Waals surface area contributed by atoms with Crippen molar-refractivity contribution in [3.8, 4) is 0 Å². The van der Waals surface area contributed by atoms with Gasteiger partial charge in [-0.2, -0.15) is 0 Å². The highest BCUT2D eigenvalue weighted by molar-refractivity contribution is 6.70. The Morgan fingerprint density at radius 1 is 0.829 bits per heavy atom. The van der Waals surface area contributed by atoms with Crippen LogP contribution in [0, 0.1) is 11.8 Å². The predicted octanol–water partition coefficient (Wildman–Crippen LogP) is 1.53. The van der Waals surface area contributed by atoms with Crippen molar-refractivity contribution in [3.05, 3.63) is 24.0 Å². The summed E-state index contributed by atoms with van der Waals surface area (Å²) in [5.41, 5.74) is 0. The molecule has 0 radical (unpaired) electrons. The van der Waals surface area contributed by atoms with Crippen LogP contribution in [0.5, 0.6) is 0 Å². The third-order valence-corrected chi connectivity index (χ3v) is 7.22. The molecule has 0 saturated carbocycles. The Labute approximate surface area is 238 Å². The van der Waals surface area contributed by atoms with E-state index in [4.69, 9.17) is 32.8 Å². The molecule has 41 heavy (non-hydrogen) atoms. The molecule has 0 amide bonds. The number of hydrogen-bond acceptors (Lipinski definition) is 13. The summed E-state index contributed by atoms with van der Waals surface area (Å²) in [6.45, 7) is 9.94. The molecule has 0 N–H and O–H groups in total. The van der Waals surface area contributed by atoms with E-state index in [-0.39, 0.29) is 18.0 Å². The number of ketones is 2. The molecule has 0 aromatic carbocycles. The van der Waals surface area contributed by atoms with Crippen molar-refractivity contribution in [3.63, 3.8) is 0 Å². The van der Waals surface area contributed by atoms with Crippen LogP contribution in [0.25, 0.3) is 0 Å². The van der Waals surface area contributed by atoms with Gasteiger partial charge in [0, 0.05) is 40.0 Å². The summed E-state index contributed by atoms with van der Waals surface area (Å²) in [4.78, 5) is 73.7. The van der Waals surface area contributed by atoms with Crippen LogP contribution in [-0.4, -0.2) is 87.2 Å². The number of hydrogen-bond donors (Lipinski definition) is 0. The molecule has 3 aliphatic rings. The zero-order valence-corrected chi connectivity index (χ0v) is 25.1. The molecule has 1 aliphatic heterocycles. The lowest BCUT2D eigenvalue weighted by Crippen LogP contribution is -2.63. The predicted molar refractivity (Wildman–Crippen MR) is 140 cm³/mol. The van der Waals surface area contributed by atoms with Gasteiger partial charge in [0.2, 0.25) is 8.32 Å². The lowest BCUT2D eigenvalue weighted by Gasteiger charge is -2.46. The monoisotopic (exact) mass is 596 g/mol. The van der Waals surface area contributed by atoms with E-state index < -0.39 is 87.4 Å². The highest BCUT2D eigenvalue weighted by atomic mass is 28.4. The Bertz CT molecular complexity index is 1140. The third-order valence-electron chi connectivity index (χ3n) is 6.34. The molecule has 226 valence electrons. The Kier molecular flexibility index (Phi) is 10.3. The van der Waals surface area contributed by atoms with Crippen molar-refractivity contribution >= 4 is 43.8 Å². The van der Waals surface area contributed by atoms with Crippen LogP contribution < -0.4 is 0 Å². The zero-order valence-electron chi connectivity index (χ0n) is 24.1. The second-order valence-electron chi connectivity index (χ2n) is 11.0. The van der Waals surface area contributed by atoms with Gasteiger partial charge in [0.1, 0.15) is 12.7 Å². The first-order valence-electron chi connectivity index (χ1n) is 13.2. The standard InChI is InChI=1S/C27H36O13Si/c1-13(28)34-12-22-24(35-14(2)29)25(36-15(3)30)26(37-16(4)31)27(39-22)38-21-11-17(40-41(5,6)7)10-18-19(32)8-9-20(33)23(18)21/h8-9,11,18,21-27H,10,12H2,1-7H3/t18-,21-,22+,23+,24+,25-,26+,27+/m1/s1. The Hall–Kier alpha value is -3.36. The van der Waals surface area contributed by atoms with E-state index in [0.29, 0.717) is 5.76 Å². The van der Waals surface area contributed by atoms with Gasteiger partial charge in [-0.15, -0.1) is 0 Å².